The van der Waals surface area contributed by atoms with Gasteiger partial charge in [0.1, 0.15) is 5.82 Å². The fourth-order valence-corrected chi connectivity index (χ4v) is 4.09. The average molecular weight is 373 g/mol. The molecule has 8 nitrogen and oxygen atoms in total. The van der Waals surface area contributed by atoms with Crippen molar-refractivity contribution in [3.63, 3.8) is 0 Å². The van der Waals surface area contributed by atoms with Gasteiger partial charge in [0, 0.05) is 44.3 Å². The first-order valence-corrected chi connectivity index (χ1v) is 9.49. The number of benzene rings is 1. The van der Waals surface area contributed by atoms with Gasteiger partial charge < -0.3 is 10.2 Å². The van der Waals surface area contributed by atoms with Gasteiger partial charge in [-0.1, -0.05) is 6.58 Å². The number of hydrogen-bond donors (Lipinski definition) is 1. The Morgan fingerprint density at radius 2 is 1.81 bits per heavy atom. The molecule has 1 saturated heterocycles. The molecule has 0 aliphatic carbocycles. The molecule has 0 unspecified atom stereocenters. The van der Waals surface area contributed by atoms with Crippen LogP contribution >= 0.6 is 0 Å². The summed E-state index contributed by atoms with van der Waals surface area (Å²) >= 11 is 0. The molecule has 0 radical (unpaired) electrons. The van der Waals surface area contributed by atoms with Crippen molar-refractivity contribution in [2.24, 2.45) is 0 Å². The van der Waals surface area contributed by atoms with Crippen molar-refractivity contribution < 1.29 is 13.2 Å². The van der Waals surface area contributed by atoms with Crippen molar-refractivity contribution in [1.29, 1.82) is 0 Å². The van der Waals surface area contributed by atoms with Crippen molar-refractivity contribution in [2.75, 3.05) is 36.4 Å². The summed E-state index contributed by atoms with van der Waals surface area (Å²) < 4.78 is 27.0. The highest BCUT2D eigenvalue weighted by Crippen LogP contribution is 2.21. The molecule has 0 spiro atoms. The van der Waals surface area contributed by atoms with E-state index in [9.17, 15) is 13.2 Å². The molecule has 1 N–H and O–H groups in total. The molecule has 1 aromatic carbocycles. The van der Waals surface area contributed by atoms with Crippen LogP contribution in [0.25, 0.3) is 0 Å². The highest BCUT2D eigenvalue weighted by molar-refractivity contribution is 7.89. The maximum atomic E-state index is 12.8. The molecule has 1 amide bonds. The van der Waals surface area contributed by atoms with Gasteiger partial charge in [-0.15, -0.1) is 0 Å². The zero-order chi connectivity index (χ0) is 18.6. The number of sulfonamides is 1. The highest BCUT2D eigenvalue weighted by atomic mass is 32.2. The number of aromatic nitrogens is 2. The smallest absolute Gasteiger partial charge is 0.247 e. The summed E-state index contributed by atoms with van der Waals surface area (Å²) in [7, 11) is -3.58. The van der Waals surface area contributed by atoms with Gasteiger partial charge in [0.05, 0.1) is 11.1 Å². The molecular weight excluding hydrogens is 354 g/mol. The first-order valence-electron chi connectivity index (χ1n) is 8.05. The molecule has 0 atom stereocenters. The summed E-state index contributed by atoms with van der Waals surface area (Å²) in [6, 6.07) is 6.10. The van der Waals surface area contributed by atoms with Crippen LogP contribution in [0.2, 0.25) is 0 Å². The molecule has 3 rings (SSSR count). The zero-order valence-electron chi connectivity index (χ0n) is 14.1. The minimum Gasteiger partial charge on any atom is -0.353 e. The maximum Gasteiger partial charge on any atom is 0.247 e. The minimum atomic E-state index is -3.58. The predicted molar refractivity (Wildman–Crippen MR) is 98.3 cm³/mol. The number of nitrogens with zero attached hydrogens (tertiary/aromatic N) is 4. The van der Waals surface area contributed by atoms with Gasteiger partial charge in [0.2, 0.25) is 15.9 Å². The number of piperazine rings is 1. The van der Waals surface area contributed by atoms with Crippen molar-refractivity contribution in [3.8, 4) is 0 Å². The second-order valence-corrected chi connectivity index (χ2v) is 7.61. The Hall–Kier alpha value is -2.78. The molecule has 0 saturated carbocycles. The van der Waals surface area contributed by atoms with E-state index in [0.29, 0.717) is 31.9 Å². The molecule has 26 heavy (non-hydrogen) atoms. The monoisotopic (exact) mass is 373 g/mol. The van der Waals surface area contributed by atoms with Crippen LogP contribution in [0, 0.1) is 0 Å². The molecule has 9 heteroatoms. The van der Waals surface area contributed by atoms with E-state index in [1.165, 1.54) is 16.4 Å². The topological polar surface area (TPSA) is 95.5 Å². The summed E-state index contributed by atoms with van der Waals surface area (Å²) in [5.74, 6) is 0.396. The van der Waals surface area contributed by atoms with Crippen LogP contribution in [-0.2, 0) is 14.8 Å². The van der Waals surface area contributed by atoms with Gasteiger partial charge in [-0.25, -0.2) is 13.4 Å². The molecule has 2 aromatic rings. The summed E-state index contributed by atoms with van der Waals surface area (Å²) in [4.78, 5) is 21.8. The van der Waals surface area contributed by atoms with Gasteiger partial charge in [-0.05, 0) is 30.3 Å². The van der Waals surface area contributed by atoms with Crippen molar-refractivity contribution in [2.45, 2.75) is 4.90 Å². The predicted octanol–water partition coefficient (Wildman–Crippen LogP) is 1.11. The number of rotatable bonds is 5. The number of amides is 1. The normalized spacial score (nSPS) is 15.5. The number of carbonyl (C=O) groups excluding carboxylic acids is 1. The van der Waals surface area contributed by atoms with Crippen LogP contribution in [-0.4, -0.2) is 54.8 Å². The second-order valence-electron chi connectivity index (χ2n) is 5.67. The van der Waals surface area contributed by atoms with Gasteiger partial charge in [-0.3, -0.25) is 9.78 Å². The average Bonchev–Trinajstić information content (AvgIpc) is 2.69. The van der Waals surface area contributed by atoms with Crippen LogP contribution in [0.4, 0.5) is 11.5 Å². The molecular formula is C17H19N5O3S. The lowest BCUT2D eigenvalue weighted by Crippen LogP contribution is -2.48. The number of hydrogen-bond acceptors (Lipinski definition) is 6. The summed E-state index contributed by atoms with van der Waals surface area (Å²) in [6.45, 7) is 5.21. The number of nitrogens with one attached hydrogen (secondary N) is 1. The van der Waals surface area contributed by atoms with E-state index < -0.39 is 10.0 Å². The van der Waals surface area contributed by atoms with E-state index in [1.807, 2.05) is 4.90 Å². The van der Waals surface area contributed by atoms with Crippen LogP contribution in [0.3, 0.4) is 0 Å². The lowest BCUT2D eigenvalue weighted by molar-refractivity contribution is -0.111. The fraction of sp³-hybridized carbons (Fsp3) is 0.235. The zero-order valence-corrected chi connectivity index (χ0v) is 14.9. The van der Waals surface area contributed by atoms with Crippen LogP contribution in [0.15, 0.2) is 60.4 Å². The molecule has 1 aliphatic heterocycles. The highest BCUT2D eigenvalue weighted by Gasteiger charge is 2.28. The molecule has 1 fully saturated rings. The second kappa shape index (κ2) is 7.63. The third kappa shape index (κ3) is 3.89. The van der Waals surface area contributed by atoms with Gasteiger partial charge in [0.15, 0.2) is 0 Å². The van der Waals surface area contributed by atoms with E-state index in [1.54, 1.807) is 30.7 Å². The molecule has 0 bridgehead atoms. The Morgan fingerprint density at radius 3 is 2.38 bits per heavy atom. The SMILES string of the molecule is C=CC(=O)Nc1ccc(S(=O)(=O)N2CCN(c3cnccn3)CC2)cc1. The van der Waals surface area contributed by atoms with Crippen molar-refractivity contribution in [3.05, 3.63) is 55.5 Å². The molecule has 1 aromatic heterocycles. The standard InChI is InChI=1S/C17H19N5O3S/c1-2-17(23)20-14-3-5-15(6-4-14)26(24,25)22-11-9-21(10-12-22)16-13-18-7-8-19-16/h2-8,13H,1,9-12H2,(H,20,23). The van der Waals surface area contributed by atoms with Crippen LogP contribution in [0.5, 0.6) is 0 Å². The van der Waals surface area contributed by atoms with Crippen LogP contribution in [0.1, 0.15) is 0 Å². The fourth-order valence-electron chi connectivity index (χ4n) is 2.66. The maximum absolute atomic E-state index is 12.8. The molecule has 2 heterocycles. The number of anilines is 2. The van der Waals surface area contributed by atoms with E-state index in [2.05, 4.69) is 21.9 Å². The Bertz CT molecular complexity index is 876. The van der Waals surface area contributed by atoms with Gasteiger partial charge in [-0.2, -0.15) is 4.31 Å². The Morgan fingerprint density at radius 1 is 1.12 bits per heavy atom. The van der Waals surface area contributed by atoms with Gasteiger partial charge >= 0.3 is 0 Å². The number of carbonyl (C=O) groups is 1. The van der Waals surface area contributed by atoms with Crippen LogP contribution < -0.4 is 10.2 Å². The third-order valence-electron chi connectivity index (χ3n) is 4.06. The minimum absolute atomic E-state index is 0.196. The third-order valence-corrected chi connectivity index (χ3v) is 5.97. The Balaban J connectivity index is 1.67. The van der Waals surface area contributed by atoms with Crippen molar-refractivity contribution >= 4 is 27.4 Å². The summed E-state index contributed by atoms with van der Waals surface area (Å²) in [5.41, 5.74) is 0.515. The lowest BCUT2D eigenvalue weighted by atomic mass is 10.3. The van der Waals surface area contributed by atoms with Crippen molar-refractivity contribution in [1.82, 2.24) is 14.3 Å². The first-order chi connectivity index (χ1) is 12.5. The summed E-state index contributed by atoms with van der Waals surface area (Å²) in [6.07, 6.45) is 6.04. The largest absolute Gasteiger partial charge is 0.353 e. The Kier molecular flexibility index (Phi) is 5.29. The van der Waals surface area contributed by atoms with E-state index >= 15 is 0 Å². The lowest BCUT2D eigenvalue weighted by Gasteiger charge is -2.34. The molecule has 136 valence electrons. The Labute approximate surface area is 152 Å². The van der Waals surface area contributed by atoms with E-state index in [-0.39, 0.29) is 10.8 Å². The first kappa shape index (κ1) is 18.0. The quantitative estimate of drug-likeness (QED) is 0.789. The van der Waals surface area contributed by atoms with E-state index in [4.69, 9.17) is 0 Å². The van der Waals surface area contributed by atoms with E-state index in [0.717, 1.165) is 11.9 Å². The van der Waals surface area contributed by atoms with Gasteiger partial charge in [0.25, 0.3) is 0 Å². The molecule has 1 aliphatic rings. The summed E-state index contributed by atoms with van der Waals surface area (Å²) in [5, 5.41) is 2.59.